The normalized spacial score (nSPS) is 11.2. The highest BCUT2D eigenvalue weighted by Crippen LogP contribution is 2.22. The van der Waals surface area contributed by atoms with Gasteiger partial charge in [-0.1, -0.05) is 28.1 Å². The molecule has 0 aliphatic rings. The molecular formula is C24H16BrFN4O2. The zero-order chi connectivity index (χ0) is 22.2. The van der Waals surface area contributed by atoms with Gasteiger partial charge < -0.3 is 9.88 Å². The van der Waals surface area contributed by atoms with Crippen molar-refractivity contribution in [1.82, 2.24) is 14.0 Å². The van der Waals surface area contributed by atoms with Gasteiger partial charge in [0, 0.05) is 21.8 Å². The number of rotatable bonds is 4. The topological polar surface area (TPSA) is 68.4 Å². The molecule has 32 heavy (non-hydrogen) atoms. The van der Waals surface area contributed by atoms with E-state index in [2.05, 4.69) is 26.2 Å². The predicted octanol–water partition coefficient (Wildman–Crippen LogP) is 4.86. The predicted molar refractivity (Wildman–Crippen MR) is 125 cm³/mol. The second-order valence-electron chi connectivity index (χ2n) is 7.25. The number of para-hydroxylation sites is 2. The molecule has 0 atom stereocenters. The number of fused-ring (bicyclic) bond motifs is 3. The summed E-state index contributed by atoms with van der Waals surface area (Å²) in [6.45, 7) is -0.0353. The van der Waals surface area contributed by atoms with Gasteiger partial charge in [0.1, 0.15) is 12.4 Å². The average molecular weight is 491 g/mol. The van der Waals surface area contributed by atoms with Crippen molar-refractivity contribution in [2.24, 2.45) is 0 Å². The van der Waals surface area contributed by atoms with Crippen LogP contribution in [0.25, 0.3) is 28.1 Å². The van der Waals surface area contributed by atoms with Crippen LogP contribution in [0.3, 0.4) is 0 Å². The van der Waals surface area contributed by atoms with Crippen molar-refractivity contribution in [2.75, 3.05) is 5.32 Å². The number of hydrogen-bond donors (Lipinski definition) is 1. The number of anilines is 1. The molecule has 0 unspecified atom stereocenters. The van der Waals surface area contributed by atoms with Gasteiger partial charge >= 0.3 is 0 Å². The van der Waals surface area contributed by atoms with Crippen LogP contribution in [0.15, 0.2) is 88.1 Å². The lowest BCUT2D eigenvalue weighted by atomic mass is 10.1. The van der Waals surface area contributed by atoms with Crippen molar-refractivity contribution < 1.29 is 9.18 Å². The first-order valence-corrected chi connectivity index (χ1v) is 10.6. The summed E-state index contributed by atoms with van der Waals surface area (Å²) in [5.41, 5.74) is 2.77. The Morgan fingerprint density at radius 2 is 1.66 bits per heavy atom. The van der Waals surface area contributed by atoms with Crippen LogP contribution in [-0.4, -0.2) is 19.9 Å². The Labute approximate surface area is 190 Å². The second kappa shape index (κ2) is 8.05. The van der Waals surface area contributed by atoms with E-state index in [1.807, 2.05) is 36.4 Å². The maximum absolute atomic E-state index is 13.3. The van der Waals surface area contributed by atoms with Gasteiger partial charge in [-0.05, 0) is 60.7 Å². The molecular weight excluding hydrogens is 475 g/mol. The number of nitrogens with one attached hydrogen (secondary N) is 1. The lowest BCUT2D eigenvalue weighted by Gasteiger charge is -2.09. The molecule has 5 rings (SSSR count). The molecule has 158 valence electrons. The number of benzene rings is 3. The molecule has 0 saturated heterocycles. The molecule has 2 aromatic heterocycles. The maximum Gasteiger partial charge on any atom is 0.260 e. The highest BCUT2D eigenvalue weighted by atomic mass is 79.9. The number of carbonyl (C=O) groups excluding carboxylic acids is 1. The fraction of sp³-hybridized carbons (Fsp3) is 0.0417. The Bertz CT molecular complexity index is 1520. The first-order valence-electron chi connectivity index (χ1n) is 9.82. The van der Waals surface area contributed by atoms with E-state index in [1.54, 1.807) is 28.8 Å². The molecule has 3 aromatic carbocycles. The summed E-state index contributed by atoms with van der Waals surface area (Å²) in [5.74, 6) is -0.286. The van der Waals surface area contributed by atoms with E-state index < -0.39 is 0 Å². The fourth-order valence-electron chi connectivity index (χ4n) is 3.67. The van der Waals surface area contributed by atoms with E-state index in [9.17, 15) is 14.0 Å². The van der Waals surface area contributed by atoms with E-state index in [0.29, 0.717) is 33.8 Å². The Morgan fingerprint density at radius 1 is 0.969 bits per heavy atom. The Kier molecular flexibility index (Phi) is 5.07. The number of hydrogen-bond acceptors (Lipinski definition) is 3. The van der Waals surface area contributed by atoms with E-state index in [-0.39, 0.29) is 23.8 Å². The van der Waals surface area contributed by atoms with Crippen LogP contribution in [0.5, 0.6) is 0 Å². The van der Waals surface area contributed by atoms with Crippen LogP contribution in [0, 0.1) is 5.82 Å². The van der Waals surface area contributed by atoms with Crippen molar-refractivity contribution in [1.29, 1.82) is 0 Å². The molecule has 6 nitrogen and oxygen atoms in total. The molecule has 8 heteroatoms. The number of imidazole rings is 1. The van der Waals surface area contributed by atoms with E-state index >= 15 is 0 Å². The first kappa shape index (κ1) is 20.1. The first-order chi connectivity index (χ1) is 15.5. The molecule has 0 aliphatic heterocycles. The highest BCUT2D eigenvalue weighted by Gasteiger charge is 2.17. The molecule has 0 bridgehead atoms. The Morgan fingerprint density at radius 3 is 2.38 bits per heavy atom. The maximum atomic E-state index is 13.3. The lowest BCUT2D eigenvalue weighted by Crippen LogP contribution is -2.20. The van der Waals surface area contributed by atoms with Gasteiger partial charge in [-0.15, -0.1) is 0 Å². The number of aromatic nitrogens is 3. The summed E-state index contributed by atoms with van der Waals surface area (Å²) in [4.78, 5) is 30.5. The third-order valence-corrected chi connectivity index (χ3v) is 5.65. The SMILES string of the molecule is O=C(Cn1c2ccccc2n2c(=O)cc(-c3ccc(F)cc3)nc12)Nc1ccc(Br)cc1. The summed E-state index contributed by atoms with van der Waals surface area (Å²) >= 11 is 3.37. The Balaban J connectivity index is 1.62. The number of carbonyl (C=O) groups is 1. The molecule has 5 aromatic rings. The molecule has 0 fully saturated rings. The molecule has 0 radical (unpaired) electrons. The van der Waals surface area contributed by atoms with Gasteiger partial charge in [-0.2, -0.15) is 0 Å². The fourth-order valence-corrected chi connectivity index (χ4v) is 3.93. The summed E-state index contributed by atoms with van der Waals surface area (Å²) < 4.78 is 17.4. The van der Waals surface area contributed by atoms with Crippen LogP contribution in [0.1, 0.15) is 0 Å². The van der Waals surface area contributed by atoms with Gasteiger partial charge in [0.2, 0.25) is 11.7 Å². The van der Waals surface area contributed by atoms with Crippen LogP contribution in [0.4, 0.5) is 10.1 Å². The quantitative estimate of drug-likeness (QED) is 0.391. The summed E-state index contributed by atoms with van der Waals surface area (Å²) in [5, 5.41) is 2.87. The van der Waals surface area contributed by atoms with Crippen LogP contribution >= 0.6 is 15.9 Å². The molecule has 0 spiro atoms. The largest absolute Gasteiger partial charge is 0.325 e. The second-order valence-corrected chi connectivity index (χ2v) is 8.17. The van der Waals surface area contributed by atoms with E-state index in [0.717, 1.165) is 4.47 Å². The van der Waals surface area contributed by atoms with Gasteiger partial charge in [0.15, 0.2) is 0 Å². The number of nitrogens with zero attached hydrogens (tertiary/aromatic N) is 3. The van der Waals surface area contributed by atoms with E-state index in [4.69, 9.17) is 0 Å². The third kappa shape index (κ3) is 3.69. The smallest absolute Gasteiger partial charge is 0.260 e. The highest BCUT2D eigenvalue weighted by molar-refractivity contribution is 9.10. The van der Waals surface area contributed by atoms with Crippen LogP contribution in [-0.2, 0) is 11.3 Å². The van der Waals surface area contributed by atoms with Gasteiger partial charge in [-0.3, -0.25) is 9.59 Å². The van der Waals surface area contributed by atoms with Crippen molar-refractivity contribution in [3.05, 3.63) is 99.5 Å². The molecule has 2 heterocycles. The standard InChI is InChI=1S/C24H16BrFN4O2/c25-16-7-11-18(12-8-16)27-22(31)14-29-20-3-1-2-4-21(20)30-23(32)13-19(28-24(29)30)15-5-9-17(26)10-6-15/h1-13H,14H2,(H,27,31). The Hall–Kier alpha value is -3.78. The van der Waals surface area contributed by atoms with Crippen molar-refractivity contribution in [3.63, 3.8) is 0 Å². The van der Waals surface area contributed by atoms with Crippen molar-refractivity contribution >= 4 is 44.3 Å². The minimum Gasteiger partial charge on any atom is -0.325 e. The van der Waals surface area contributed by atoms with Gasteiger partial charge in [-0.25, -0.2) is 13.8 Å². The van der Waals surface area contributed by atoms with Crippen LogP contribution < -0.4 is 10.9 Å². The lowest BCUT2D eigenvalue weighted by molar-refractivity contribution is -0.116. The molecule has 1 N–H and O–H groups in total. The van der Waals surface area contributed by atoms with Crippen molar-refractivity contribution in [2.45, 2.75) is 6.54 Å². The minimum atomic E-state index is -0.370. The zero-order valence-corrected chi connectivity index (χ0v) is 18.2. The monoisotopic (exact) mass is 490 g/mol. The molecule has 1 amide bonds. The molecule has 0 saturated carbocycles. The summed E-state index contributed by atoms with van der Waals surface area (Å²) in [6, 6.07) is 21.8. The van der Waals surface area contributed by atoms with E-state index in [1.165, 1.54) is 22.6 Å². The summed E-state index contributed by atoms with van der Waals surface area (Å²) in [6.07, 6.45) is 0. The summed E-state index contributed by atoms with van der Waals surface area (Å²) in [7, 11) is 0. The van der Waals surface area contributed by atoms with Crippen LogP contribution in [0.2, 0.25) is 0 Å². The molecule has 0 aliphatic carbocycles. The van der Waals surface area contributed by atoms with Crippen molar-refractivity contribution in [3.8, 4) is 11.3 Å². The zero-order valence-electron chi connectivity index (χ0n) is 16.6. The minimum absolute atomic E-state index is 0.0353. The average Bonchev–Trinajstić information content (AvgIpc) is 3.10. The third-order valence-electron chi connectivity index (χ3n) is 5.13. The number of halogens is 2. The van der Waals surface area contributed by atoms with Gasteiger partial charge in [0.05, 0.1) is 16.7 Å². The number of amides is 1. The van der Waals surface area contributed by atoms with Gasteiger partial charge in [0.25, 0.3) is 5.56 Å².